The van der Waals surface area contributed by atoms with Gasteiger partial charge < -0.3 is 72.9 Å². The molecule has 2 saturated heterocycles. The fourth-order valence-electron chi connectivity index (χ4n) is 5.66. The molecule has 0 aromatic rings. The number of urea groups is 1. The molecule has 3 rings (SSSR count). The second kappa shape index (κ2) is 15.7. The number of hydrogen-bond donors (Lipinski definition) is 11. The number of hydrogen-bond acceptors (Lipinski definition) is 13. The third kappa shape index (κ3) is 8.64. The van der Waals surface area contributed by atoms with E-state index in [1.165, 1.54) is 0 Å². The van der Waals surface area contributed by atoms with Gasteiger partial charge in [-0.25, -0.2) is 4.79 Å². The number of aliphatic hydroxyl groups excluding tert-OH is 5. The minimum Gasteiger partial charge on any atom is -0.394 e. The predicted molar refractivity (Wildman–Crippen MR) is 139 cm³/mol. The number of ether oxygens (including phenoxy) is 3. The van der Waals surface area contributed by atoms with Crippen LogP contribution in [0.1, 0.15) is 32.1 Å². The Morgan fingerprint density at radius 1 is 0.949 bits per heavy atom. The summed E-state index contributed by atoms with van der Waals surface area (Å²) in [7, 11) is 0. The summed E-state index contributed by atoms with van der Waals surface area (Å²) < 4.78 is 17.9. The number of carbonyl (C=O) groups excluding carboxylic acids is 1. The topological polar surface area (TPSA) is 260 Å². The highest BCUT2D eigenvalue weighted by molar-refractivity contribution is 5.74. The molecule has 12 unspecified atom stereocenters. The monoisotopic (exact) mass is 564 g/mol. The van der Waals surface area contributed by atoms with E-state index >= 15 is 0 Å². The number of rotatable bonds is 12. The normalized spacial score (nSPS) is 41.2. The largest absolute Gasteiger partial charge is 0.394 e. The van der Waals surface area contributed by atoms with Crippen molar-refractivity contribution in [3.05, 3.63) is 0 Å². The van der Waals surface area contributed by atoms with Gasteiger partial charge in [-0.1, -0.05) is 0 Å². The van der Waals surface area contributed by atoms with Crippen molar-refractivity contribution in [2.45, 2.75) is 99.3 Å². The number of nitrogens with two attached hydrogens (primary N) is 3. The maximum Gasteiger partial charge on any atom is 0.315 e. The van der Waals surface area contributed by atoms with Crippen LogP contribution >= 0.6 is 0 Å². The van der Waals surface area contributed by atoms with E-state index in [2.05, 4.69) is 16.0 Å². The van der Waals surface area contributed by atoms with Crippen LogP contribution in [0.3, 0.4) is 0 Å². The van der Waals surface area contributed by atoms with Crippen molar-refractivity contribution in [1.82, 2.24) is 16.0 Å². The van der Waals surface area contributed by atoms with Gasteiger partial charge in [0.2, 0.25) is 0 Å². The molecule has 0 spiro atoms. The van der Waals surface area contributed by atoms with E-state index in [9.17, 15) is 30.3 Å². The highest BCUT2D eigenvalue weighted by Crippen LogP contribution is 2.37. The Labute approximate surface area is 228 Å². The van der Waals surface area contributed by atoms with Gasteiger partial charge >= 0.3 is 6.03 Å². The van der Waals surface area contributed by atoms with Crippen LogP contribution in [0.5, 0.6) is 0 Å². The van der Waals surface area contributed by atoms with Crippen LogP contribution in [0.15, 0.2) is 0 Å². The molecule has 2 aliphatic heterocycles. The Bertz CT molecular complexity index is 742. The minimum atomic E-state index is -1.27. The van der Waals surface area contributed by atoms with Gasteiger partial charge in [0.05, 0.1) is 43.2 Å². The van der Waals surface area contributed by atoms with E-state index in [0.717, 1.165) is 6.42 Å². The first-order valence-electron chi connectivity index (χ1n) is 13.9. The Hall–Kier alpha value is -1.21. The van der Waals surface area contributed by atoms with Gasteiger partial charge in [-0.3, -0.25) is 0 Å². The van der Waals surface area contributed by atoms with Crippen molar-refractivity contribution in [1.29, 1.82) is 0 Å². The number of nitrogens with one attached hydrogen (secondary N) is 3. The summed E-state index contributed by atoms with van der Waals surface area (Å²) in [5, 5.41) is 60.8. The highest BCUT2D eigenvalue weighted by Gasteiger charge is 2.51. The highest BCUT2D eigenvalue weighted by atomic mass is 16.7. The summed E-state index contributed by atoms with van der Waals surface area (Å²) in [5.74, 6) is -0.612. The molecule has 15 heteroatoms. The molecule has 2 amide bonds. The van der Waals surface area contributed by atoms with Gasteiger partial charge in [0, 0.05) is 38.0 Å². The van der Waals surface area contributed by atoms with Crippen molar-refractivity contribution in [2.24, 2.45) is 23.1 Å². The van der Waals surface area contributed by atoms with E-state index < -0.39 is 85.8 Å². The summed E-state index contributed by atoms with van der Waals surface area (Å²) >= 11 is 0. The lowest BCUT2D eigenvalue weighted by Gasteiger charge is -2.49. The summed E-state index contributed by atoms with van der Waals surface area (Å²) in [6, 6.07) is -1.87. The molecule has 12 atom stereocenters. The molecule has 0 aromatic carbocycles. The lowest BCUT2D eigenvalue weighted by atomic mass is 9.73. The zero-order chi connectivity index (χ0) is 28.5. The molecule has 228 valence electrons. The van der Waals surface area contributed by atoms with Crippen molar-refractivity contribution in [3.8, 4) is 0 Å². The van der Waals surface area contributed by atoms with Crippen LogP contribution in [-0.2, 0) is 14.2 Å². The van der Waals surface area contributed by atoms with Crippen LogP contribution < -0.4 is 33.2 Å². The van der Waals surface area contributed by atoms with Gasteiger partial charge in [0.15, 0.2) is 6.29 Å². The molecule has 0 aromatic heterocycles. The lowest BCUT2D eigenvalue weighted by Crippen LogP contribution is -2.67. The van der Waals surface area contributed by atoms with Crippen molar-refractivity contribution < 1.29 is 44.5 Å². The zero-order valence-corrected chi connectivity index (χ0v) is 22.3. The third-order valence-corrected chi connectivity index (χ3v) is 7.76. The third-order valence-electron chi connectivity index (χ3n) is 7.76. The molecule has 15 nitrogen and oxygen atoms in total. The van der Waals surface area contributed by atoms with Gasteiger partial charge in [-0.2, -0.15) is 0 Å². The fourth-order valence-corrected chi connectivity index (χ4v) is 5.66. The van der Waals surface area contributed by atoms with E-state index in [1.54, 1.807) is 0 Å². The average molecular weight is 565 g/mol. The van der Waals surface area contributed by atoms with Gasteiger partial charge in [-0.05, 0) is 38.8 Å². The van der Waals surface area contributed by atoms with Crippen LogP contribution in [-0.4, -0.2) is 138 Å². The van der Waals surface area contributed by atoms with Crippen molar-refractivity contribution >= 4 is 6.03 Å². The average Bonchev–Trinajstić information content (AvgIpc) is 2.90. The first-order chi connectivity index (χ1) is 18.7. The smallest absolute Gasteiger partial charge is 0.315 e. The van der Waals surface area contributed by atoms with E-state index in [-0.39, 0.29) is 25.9 Å². The Morgan fingerprint density at radius 2 is 1.72 bits per heavy atom. The molecular formula is C24H48N6O9. The molecule has 39 heavy (non-hydrogen) atoms. The molecule has 1 aliphatic carbocycles. The molecule has 3 aliphatic rings. The van der Waals surface area contributed by atoms with Crippen LogP contribution in [0.2, 0.25) is 0 Å². The lowest BCUT2D eigenvalue weighted by molar-refractivity contribution is -0.302. The molecule has 0 bridgehead atoms. The standard InChI is InChI=1S/C24H48N6O9/c25-4-1-6-28-10-18-14(32)2-3-17(37-18)20-12(27)8-13(30-24(36)29-7-5-26)22(21(20)35)39-23-16(34)9-15(33)19(11-31)38-23/h12-23,28,31-35H,1-11,25-27H2,(H2,29,30,36). The van der Waals surface area contributed by atoms with Crippen LogP contribution in [0.4, 0.5) is 4.79 Å². The number of amides is 2. The quantitative estimate of drug-likeness (QED) is 0.0998. The second-order valence-corrected chi connectivity index (χ2v) is 10.7. The van der Waals surface area contributed by atoms with Crippen LogP contribution in [0.25, 0.3) is 0 Å². The molecule has 2 heterocycles. The van der Waals surface area contributed by atoms with E-state index in [0.29, 0.717) is 32.5 Å². The number of carbonyl (C=O) groups is 1. The van der Waals surface area contributed by atoms with Gasteiger partial charge in [0.1, 0.15) is 18.3 Å². The Kier molecular flexibility index (Phi) is 13.0. The molecule has 1 saturated carbocycles. The van der Waals surface area contributed by atoms with Gasteiger partial charge in [0.25, 0.3) is 0 Å². The minimum absolute atomic E-state index is 0.0980. The molecule has 14 N–H and O–H groups in total. The zero-order valence-electron chi connectivity index (χ0n) is 22.3. The SMILES string of the molecule is NCCCNCC1OC(C2C(N)CC(NC(=O)NCCN)C(OC3OC(CO)C(O)CC3O)C2O)CCC1O. The number of aliphatic hydroxyl groups is 5. The fraction of sp³-hybridized carbons (Fsp3) is 0.958. The predicted octanol–water partition coefficient (Wildman–Crippen LogP) is -4.62. The van der Waals surface area contributed by atoms with Crippen molar-refractivity contribution in [2.75, 3.05) is 39.3 Å². The Balaban J connectivity index is 1.76. The summed E-state index contributed by atoms with van der Waals surface area (Å²) in [5.41, 5.74) is 17.6. The molecule has 0 radical (unpaired) electrons. The van der Waals surface area contributed by atoms with Crippen LogP contribution in [0, 0.1) is 5.92 Å². The molecular weight excluding hydrogens is 516 g/mol. The maximum atomic E-state index is 12.5. The summed E-state index contributed by atoms with van der Waals surface area (Å²) in [6.45, 7) is 1.63. The summed E-state index contributed by atoms with van der Waals surface area (Å²) in [6.07, 6.45) is -6.74. The van der Waals surface area contributed by atoms with E-state index in [4.69, 9.17) is 31.4 Å². The van der Waals surface area contributed by atoms with E-state index in [1.807, 2.05) is 0 Å². The van der Waals surface area contributed by atoms with Gasteiger partial charge in [-0.15, -0.1) is 0 Å². The van der Waals surface area contributed by atoms with Crippen molar-refractivity contribution in [3.63, 3.8) is 0 Å². The first kappa shape index (κ1) is 32.3. The summed E-state index contributed by atoms with van der Waals surface area (Å²) in [4.78, 5) is 12.5. The maximum absolute atomic E-state index is 12.5. The molecule has 3 fully saturated rings. The Morgan fingerprint density at radius 3 is 2.41 bits per heavy atom. The first-order valence-corrected chi connectivity index (χ1v) is 13.9. The second-order valence-electron chi connectivity index (χ2n) is 10.7.